The van der Waals surface area contributed by atoms with Crippen LogP contribution in [0.5, 0.6) is 0 Å². The van der Waals surface area contributed by atoms with Crippen molar-refractivity contribution in [2.45, 2.75) is 19.8 Å². The van der Waals surface area contributed by atoms with Gasteiger partial charge in [0.15, 0.2) is 0 Å². The van der Waals surface area contributed by atoms with Crippen LogP contribution in [-0.2, 0) is 4.79 Å². The van der Waals surface area contributed by atoms with Gasteiger partial charge in [-0.05, 0) is 31.3 Å². The first kappa shape index (κ1) is 9.52. The molecule has 3 heteroatoms. The van der Waals surface area contributed by atoms with E-state index in [0.29, 0.717) is 18.3 Å². The van der Waals surface area contributed by atoms with Crippen LogP contribution in [0, 0.1) is 11.8 Å². The molecule has 0 saturated carbocycles. The van der Waals surface area contributed by atoms with E-state index < -0.39 is 0 Å². The molecule has 12 heavy (non-hydrogen) atoms. The molecule has 1 saturated heterocycles. The van der Waals surface area contributed by atoms with Gasteiger partial charge in [0, 0.05) is 13.5 Å². The quantitative estimate of drug-likeness (QED) is 0.628. The maximum atomic E-state index is 11.1. The van der Waals surface area contributed by atoms with E-state index in [4.69, 9.17) is 0 Å². The van der Waals surface area contributed by atoms with E-state index in [0.717, 1.165) is 19.5 Å². The fraction of sp³-hybridized carbons (Fsp3) is 0.889. The Morgan fingerprint density at radius 2 is 2.42 bits per heavy atom. The molecule has 0 radical (unpaired) electrons. The summed E-state index contributed by atoms with van der Waals surface area (Å²) in [4.78, 5) is 11.1. The molecule has 2 N–H and O–H groups in total. The smallest absolute Gasteiger partial charge is 0.220 e. The van der Waals surface area contributed by atoms with Crippen LogP contribution in [0.4, 0.5) is 0 Å². The van der Waals surface area contributed by atoms with E-state index in [-0.39, 0.29) is 5.91 Å². The number of piperidine rings is 1. The third-order valence-electron chi connectivity index (χ3n) is 2.69. The summed E-state index contributed by atoms with van der Waals surface area (Å²) in [6, 6.07) is 0. The molecule has 3 nitrogen and oxygen atoms in total. The molecule has 1 heterocycles. The molecule has 0 unspecified atom stereocenters. The zero-order valence-electron chi connectivity index (χ0n) is 7.89. The van der Waals surface area contributed by atoms with Crippen LogP contribution in [0.3, 0.4) is 0 Å². The number of carbonyl (C=O) groups excluding carboxylic acids is 1. The molecule has 70 valence electrons. The largest absolute Gasteiger partial charge is 0.359 e. The molecule has 0 aromatic heterocycles. The molecule has 2 atom stereocenters. The highest BCUT2D eigenvalue weighted by molar-refractivity contribution is 5.75. The lowest BCUT2D eigenvalue weighted by molar-refractivity contribution is -0.122. The number of carbonyl (C=O) groups is 1. The molecule has 0 spiro atoms. The maximum Gasteiger partial charge on any atom is 0.220 e. The average Bonchev–Trinajstić information content (AvgIpc) is 2.09. The second kappa shape index (κ2) is 4.45. The van der Waals surface area contributed by atoms with Crippen LogP contribution < -0.4 is 10.6 Å². The first-order valence-corrected chi connectivity index (χ1v) is 4.65. The van der Waals surface area contributed by atoms with Gasteiger partial charge in [-0.15, -0.1) is 0 Å². The van der Waals surface area contributed by atoms with E-state index in [2.05, 4.69) is 17.6 Å². The van der Waals surface area contributed by atoms with Gasteiger partial charge in [-0.3, -0.25) is 4.79 Å². The zero-order valence-corrected chi connectivity index (χ0v) is 7.89. The Balaban J connectivity index is 2.33. The van der Waals surface area contributed by atoms with Gasteiger partial charge in [0.25, 0.3) is 0 Å². The van der Waals surface area contributed by atoms with Crippen molar-refractivity contribution in [1.82, 2.24) is 10.6 Å². The molecule has 1 amide bonds. The predicted molar refractivity (Wildman–Crippen MR) is 48.8 cm³/mol. The van der Waals surface area contributed by atoms with Crippen molar-refractivity contribution in [2.75, 3.05) is 20.1 Å². The van der Waals surface area contributed by atoms with Gasteiger partial charge in [0.2, 0.25) is 5.91 Å². The van der Waals surface area contributed by atoms with Gasteiger partial charge in [-0.2, -0.15) is 0 Å². The Labute approximate surface area is 73.9 Å². The van der Waals surface area contributed by atoms with Crippen molar-refractivity contribution >= 4 is 5.91 Å². The number of rotatable bonds is 2. The molecular formula is C9H18N2O. The van der Waals surface area contributed by atoms with Crippen molar-refractivity contribution in [1.29, 1.82) is 0 Å². The van der Waals surface area contributed by atoms with E-state index in [9.17, 15) is 4.79 Å². The van der Waals surface area contributed by atoms with Crippen molar-refractivity contribution in [3.8, 4) is 0 Å². The lowest BCUT2D eigenvalue weighted by Crippen LogP contribution is -2.37. The number of amides is 1. The minimum absolute atomic E-state index is 0.175. The third kappa shape index (κ3) is 2.48. The van der Waals surface area contributed by atoms with Crippen LogP contribution in [0.2, 0.25) is 0 Å². The minimum Gasteiger partial charge on any atom is -0.359 e. The molecule has 1 fully saturated rings. The van der Waals surface area contributed by atoms with Gasteiger partial charge in [-0.25, -0.2) is 0 Å². The summed E-state index contributed by atoms with van der Waals surface area (Å²) in [7, 11) is 1.70. The topological polar surface area (TPSA) is 41.1 Å². The third-order valence-corrected chi connectivity index (χ3v) is 2.69. The SMILES string of the molecule is CNC(=O)C[C@@H]1CCNC[C@H]1C. The fourth-order valence-electron chi connectivity index (χ4n) is 1.71. The number of hydrogen-bond acceptors (Lipinski definition) is 2. The van der Waals surface area contributed by atoms with Crippen LogP contribution in [0.15, 0.2) is 0 Å². The summed E-state index contributed by atoms with van der Waals surface area (Å²) < 4.78 is 0. The Morgan fingerprint density at radius 1 is 1.67 bits per heavy atom. The van der Waals surface area contributed by atoms with Gasteiger partial charge >= 0.3 is 0 Å². The molecule has 1 rings (SSSR count). The van der Waals surface area contributed by atoms with Crippen LogP contribution in [-0.4, -0.2) is 26.0 Å². The Morgan fingerprint density at radius 3 is 3.00 bits per heavy atom. The predicted octanol–water partition coefficient (Wildman–Crippen LogP) is 0.368. The zero-order chi connectivity index (χ0) is 8.97. The second-order valence-electron chi connectivity index (χ2n) is 3.61. The summed E-state index contributed by atoms with van der Waals surface area (Å²) in [6.07, 6.45) is 1.83. The standard InChI is InChI=1S/C9H18N2O/c1-7-6-11-4-3-8(7)5-9(12)10-2/h7-8,11H,3-6H2,1-2H3,(H,10,12)/t7-,8+/m1/s1. The van der Waals surface area contributed by atoms with E-state index >= 15 is 0 Å². The van der Waals surface area contributed by atoms with E-state index in [1.54, 1.807) is 7.05 Å². The fourth-order valence-corrected chi connectivity index (χ4v) is 1.71. The summed E-state index contributed by atoms with van der Waals surface area (Å²) in [5, 5.41) is 6.00. The normalized spacial score (nSPS) is 29.8. The van der Waals surface area contributed by atoms with E-state index in [1.807, 2.05) is 0 Å². The maximum absolute atomic E-state index is 11.1. The van der Waals surface area contributed by atoms with E-state index in [1.165, 1.54) is 0 Å². The van der Waals surface area contributed by atoms with Crippen molar-refractivity contribution < 1.29 is 4.79 Å². The van der Waals surface area contributed by atoms with Gasteiger partial charge in [0.05, 0.1) is 0 Å². The molecule has 0 bridgehead atoms. The highest BCUT2D eigenvalue weighted by atomic mass is 16.1. The Kier molecular flexibility index (Phi) is 3.53. The first-order valence-electron chi connectivity index (χ1n) is 4.65. The molecular weight excluding hydrogens is 152 g/mol. The minimum atomic E-state index is 0.175. The van der Waals surface area contributed by atoms with Gasteiger partial charge in [-0.1, -0.05) is 6.92 Å². The Hall–Kier alpha value is -0.570. The summed E-state index contributed by atoms with van der Waals surface area (Å²) in [5.74, 6) is 1.39. The molecule has 0 aliphatic carbocycles. The number of hydrogen-bond donors (Lipinski definition) is 2. The molecule has 1 aliphatic heterocycles. The van der Waals surface area contributed by atoms with Crippen LogP contribution in [0.25, 0.3) is 0 Å². The molecule has 0 aromatic rings. The Bertz CT molecular complexity index is 159. The molecule has 1 aliphatic rings. The summed E-state index contributed by atoms with van der Waals surface area (Å²) >= 11 is 0. The van der Waals surface area contributed by atoms with Gasteiger partial charge in [0.1, 0.15) is 0 Å². The van der Waals surface area contributed by atoms with Gasteiger partial charge < -0.3 is 10.6 Å². The number of nitrogens with one attached hydrogen (secondary N) is 2. The lowest BCUT2D eigenvalue weighted by Gasteiger charge is -2.28. The summed E-state index contributed by atoms with van der Waals surface area (Å²) in [5.41, 5.74) is 0. The second-order valence-corrected chi connectivity index (χ2v) is 3.61. The monoisotopic (exact) mass is 170 g/mol. The first-order chi connectivity index (χ1) is 5.74. The average molecular weight is 170 g/mol. The van der Waals surface area contributed by atoms with Crippen LogP contribution >= 0.6 is 0 Å². The highest BCUT2D eigenvalue weighted by Crippen LogP contribution is 2.21. The highest BCUT2D eigenvalue weighted by Gasteiger charge is 2.22. The molecule has 0 aromatic carbocycles. The van der Waals surface area contributed by atoms with Crippen molar-refractivity contribution in [3.05, 3.63) is 0 Å². The van der Waals surface area contributed by atoms with Crippen LogP contribution in [0.1, 0.15) is 19.8 Å². The lowest BCUT2D eigenvalue weighted by atomic mass is 9.85. The van der Waals surface area contributed by atoms with Crippen molar-refractivity contribution in [2.24, 2.45) is 11.8 Å². The summed E-state index contributed by atoms with van der Waals surface area (Å²) in [6.45, 7) is 4.33. The van der Waals surface area contributed by atoms with Crippen molar-refractivity contribution in [3.63, 3.8) is 0 Å².